The highest BCUT2D eigenvalue weighted by molar-refractivity contribution is 6.03. The van der Waals surface area contributed by atoms with Gasteiger partial charge in [0.15, 0.2) is 17.5 Å². The van der Waals surface area contributed by atoms with E-state index in [1.807, 2.05) is 0 Å². The second-order valence-electron chi connectivity index (χ2n) is 4.30. The third kappa shape index (κ3) is 2.45. The smallest absolute Gasteiger partial charge is 0.275 e. The van der Waals surface area contributed by atoms with E-state index in [-0.39, 0.29) is 11.4 Å². The third-order valence-corrected chi connectivity index (χ3v) is 2.84. The van der Waals surface area contributed by atoms with E-state index in [4.69, 9.17) is 0 Å². The van der Waals surface area contributed by atoms with Gasteiger partial charge in [0.1, 0.15) is 11.3 Å². The number of nitrogens with zero attached hydrogens (tertiary/aromatic N) is 2. The molecule has 4 nitrogen and oxygen atoms in total. The van der Waals surface area contributed by atoms with Gasteiger partial charge in [-0.25, -0.2) is 18.2 Å². The number of imidazole rings is 1. The van der Waals surface area contributed by atoms with Crippen molar-refractivity contribution in [3.63, 3.8) is 0 Å². The van der Waals surface area contributed by atoms with Crippen LogP contribution in [-0.4, -0.2) is 15.3 Å². The molecule has 1 N–H and O–H groups in total. The summed E-state index contributed by atoms with van der Waals surface area (Å²) in [6.07, 6.45) is 3.18. The number of carbonyl (C=O) groups excluding carboxylic acids is 1. The third-order valence-electron chi connectivity index (χ3n) is 2.84. The molecule has 0 fully saturated rings. The average Bonchev–Trinajstić information content (AvgIpc) is 2.88. The summed E-state index contributed by atoms with van der Waals surface area (Å²) in [6, 6.07) is 6.63. The zero-order valence-electron chi connectivity index (χ0n) is 10.5. The van der Waals surface area contributed by atoms with Crippen molar-refractivity contribution in [3.05, 3.63) is 65.9 Å². The lowest BCUT2D eigenvalue weighted by Gasteiger charge is -2.04. The summed E-state index contributed by atoms with van der Waals surface area (Å²) in [6.45, 7) is 0. The molecule has 2 heterocycles. The summed E-state index contributed by atoms with van der Waals surface area (Å²) >= 11 is 0. The van der Waals surface area contributed by atoms with Gasteiger partial charge >= 0.3 is 0 Å². The Bertz CT molecular complexity index is 788. The van der Waals surface area contributed by atoms with Gasteiger partial charge in [0.25, 0.3) is 5.91 Å². The van der Waals surface area contributed by atoms with E-state index in [1.165, 1.54) is 6.20 Å². The van der Waals surface area contributed by atoms with Crippen molar-refractivity contribution < 1.29 is 18.0 Å². The van der Waals surface area contributed by atoms with Gasteiger partial charge in [0.05, 0.1) is 0 Å². The topological polar surface area (TPSA) is 46.4 Å². The maximum absolute atomic E-state index is 13.1. The number of halogens is 3. The van der Waals surface area contributed by atoms with E-state index in [9.17, 15) is 18.0 Å². The summed E-state index contributed by atoms with van der Waals surface area (Å²) in [5, 5.41) is 2.27. The number of rotatable bonds is 2. The van der Waals surface area contributed by atoms with Crippen LogP contribution in [0.2, 0.25) is 0 Å². The molecule has 2 aromatic heterocycles. The van der Waals surface area contributed by atoms with E-state index in [2.05, 4.69) is 10.3 Å². The number of aromatic nitrogens is 2. The zero-order chi connectivity index (χ0) is 15.0. The Morgan fingerprint density at radius 1 is 1.14 bits per heavy atom. The molecule has 0 spiro atoms. The molecule has 106 valence electrons. The molecule has 0 atom stereocenters. The summed E-state index contributed by atoms with van der Waals surface area (Å²) in [5.41, 5.74) is 0.443. The van der Waals surface area contributed by atoms with Crippen molar-refractivity contribution >= 4 is 17.2 Å². The number of nitrogens with one attached hydrogen (secondary N) is 1. The van der Waals surface area contributed by atoms with Crippen molar-refractivity contribution in [1.82, 2.24) is 9.38 Å². The van der Waals surface area contributed by atoms with Crippen LogP contribution in [0.15, 0.2) is 42.7 Å². The Kier molecular flexibility index (Phi) is 3.09. The fourth-order valence-electron chi connectivity index (χ4n) is 1.87. The van der Waals surface area contributed by atoms with Gasteiger partial charge in [-0.1, -0.05) is 6.07 Å². The second-order valence-corrected chi connectivity index (χ2v) is 4.30. The van der Waals surface area contributed by atoms with E-state index in [0.717, 1.165) is 0 Å². The van der Waals surface area contributed by atoms with Crippen LogP contribution in [0.25, 0.3) is 5.65 Å². The molecule has 1 amide bonds. The van der Waals surface area contributed by atoms with Crippen molar-refractivity contribution in [3.8, 4) is 0 Å². The monoisotopic (exact) mass is 291 g/mol. The first-order valence-electron chi connectivity index (χ1n) is 5.94. The Labute approximate surface area is 116 Å². The molecule has 21 heavy (non-hydrogen) atoms. The maximum atomic E-state index is 13.1. The molecule has 3 aromatic rings. The average molecular weight is 291 g/mol. The lowest BCUT2D eigenvalue weighted by molar-refractivity contribution is 0.102. The number of pyridine rings is 1. The first-order valence-corrected chi connectivity index (χ1v) is 5.94. The molecule has 0 radical (unpaired) electrons. The van der Waals surface area contributed by atoms with Crippen molar-refractivity contribution in [2.24, 2.45) is 0 Å². The van der Waals surface area contributed by atoms with Crippen molar-refractivity contribution in [1.29, 1.82) is 0 Å². The minimum Gasteiger partial charge on any atom is -0.320 e. The van der Waals surface area contributed by atoms with Crippen LogP contribution in [0.4, 0.5) is 18.9 Å². The fraction of sp³-hybridized carbons (Fsp3) is 0. The summed E-state index contributed by atoms with van der Waals surface area (Å²) in [7, 11) is 0. The minimum absolute atomic E-state index is 0.0753. The van der Waals surface area contributed by atoms with Crippen LogP contribution < -0.4 is 5.32 Å². The van der Waals surface area contributed by atoms with E-state index >= 15 is 0 Å². The minimum atomic E-state index is -1.58. The highest BCUT2D eigenvalue weighted by Gasteiger charge is 2.15. The van der Waals surface area contributed by atoms with E-state index in [0.29, 0.717) is 17.8 Å². The molecular weight excluding hydrogens is 283 g/mol. The summed E-state index contributed by atoms with van der Waals surface area (Å²) < 4.78 is 40.6. The zero-order valence-corrected chi connectivity index (χ0v) is 10.5. The molecule has 7 heteroatoms. The number of fused-ring (bicyclic) bond motifs is 1. The van der Waals surface area contributed by atoms with Crippen LogP contribution >= 0.6 is 0 Å². The molecule has 0 saturated heterocycles. The Hall–Kier alpha value is -2.83. The normalized spacial score (nSPS) is 10.8. The van der Waals surface area contributed by atoms with Crippen LogP contribution in [0.5, 0.6) is 0 Å². The first kappa shape index (κ1) is 13.2. The van der Waals surface area contributed by atoms with Gasteiger partial charge in [0.2, 0.25) is 0 Å². The molecule has 0 aliphatic carbocycles. The number of hydrogen-bond donors (Lipinski definition) is 1. The highest BCUT2D eigenvalue weighted by Crippen LogP contribution is 2.18. The van der Waals surface area contributed by atoms with E-state index < -0.39 is 23.4 Å². The molecule has 0 unspecified atom stereocenters. The predicted octanol–water partition coefficient (Wildman–Crippen LogP) is 3.00. The molecular formula is C14H8F3N3O. The summed E-state index contributed by atoms with van der Waals surface area (Å²) in [4.78, 5) is 16.0. The standard InChI is InChI=1S/C14H8F3N3O/c15-9-5-8(6-10(16)13(9)17)18-14(21)11-7-20-4-2-1-3-12(20)19-11/h1-7H,(H,18,21). The largest absolute Gasteiger partial charge is 0.320 e. The Balaban J connectivity index is 1.89. The Morgan fingerprint density at radius 2 is 1.86 bits per heavy atom. The number of benzene rings is 1. The molecule has 0 aliphatic heterocycles. The van der Waals surface area contributed by atoms with Crippen LogP contribution in [0, 0.1) is 17.5 Å². The van der Waals surface area contributed by atoms with Gasteiger partial charge in [-0.15, -0.1) is 0 Å². The number of hydrogen-bond acceptors (Lipinski definition) is 2. The molecule has 1 aromatic carbocycles. The van der Waals surface area contributed by atoms with Gasteiger partial charge in [-0.2, -0.15) is 0 Å². The number of anilines is 1. The van der Waals surface area contributed by atoms with Crippen LogP contribution in [-0.2, 0) is 0 Å². The highest BCUT2D eigenvalue weighted by atomic mass is 19.2. The number of amides is 1. The molecule has 0 saturated carbocycles. The van der Waals surface area contributed by atoms with Gasteiger partial charge in [-0.05, 0) is 12.1 Å². The molecule has 0 bridgehead atoms. The summed E-state index contributed by atoms with van der Waals surface area (Å²) in [5.74, 6) is -4.98. The quantitative estimate of drug-likeness (QED) is 0.738. The first-order chi connectivity index (χ1) is 10.0. The van der Waals surface area contributed by atoms with Crippen LogP contribution in [0.1, 0.15) is 10.5 Å². The van der Waals surface area contributed by atoms with Gasteiger partial charge in [-0.3, -0.25) is 4.79 Å². The lowest BCUT2D eigenvalue weighted by atomic mass is 10.2. The maximum Gasteiger partial charge on any atom is 0.275 e. The molecule has 0 aliphatic rings. The fourth-order valence-corrected chi connectivity index (χ4v) is 1.87. The van der Waals surface area contributed by atoms with Crippen LogP contribution in [0.3, 0.4) is 0 Å². The van der Waals surface area contributed by atoms with Crippen molar-refractivity contribution in [2.45, 2.75) is 0 Å². The van der Waals surface area contributed by atoms with E-state index in [1.54, 1.807) is 28.8 Å². The molecule has 3 rings (SSSR count). The lowest BCUT2D eigenvalue weighted by Crippen LogP contribution is -2.13. The van der Waals surface area contributed by atoms with Gasteiger partial charge < -0.3 is 9.72 Å². The van der Waals surface area contributed by atoms with Crippen molar-refractivity contribution in [2.75, 3.05) is 5.32 Å². The Morgan fingerprint density at radius 3 is 2.52 bits per heavy atom. The SMILES string of the molecule is O=C(Nc1cc(F)c(F)c(F)c1)c1cn2ccccc2n1. The number of carbonyl (C=O) groups is 1. The predicted molar refractivity (Wildman–Crippen MR) is 69.5 cm³/mol. The second kappa shape index (κ2) is 4.93. The van der Waals surface area contributed by atoms with Gasteiger partial charge in [0, 0.05) is 30.2 Å².